The van der Waals surface area contributed by atoms with E-state index in [4.69, 9.17) is 5.84 Å². The van der Waals surface area contributed by atoms with E-state index >= 15 is 0 Å². The van der Waals surface area contributed by atoms with Crippen molar-refractivity contribution in [2.45, 2.75) is 18.9 Å². The minimum Gasteiger partial charge on any atom is -0.357 e. The van der Waals surface area contributed by atoms with Gasteiger partial charge in [-0.15, -0.1) is 0 Å². The largest absolute Gasteiger partial charge is 0.357 e. The Bertz CT molecular complexity index is 454. The van der Waals surface area contributed by atoms with Gasteiger partial charge in [-0.05, 0) is 12.8 Å². The zero-order chi connectivity index (χ0) is 13.1. The predicted octanol–water partition coefficient (Wildman–Crippen LogP) is -0.384. The molecule has 0 aliphatic carbocycles. The first kappa shape index (κ1) is 12.5. The average Bonchev–Trinajstić information content (AvgIpc) is 2.87. The Morgan fingerprint density at radius 1 is 1.67 bits per heavy atom. The highest BCUT2D eigenvalue weighted by molar-refractivity contribution is 5.85. The molecular weight excluding hydrogens is 239 g/mol. The average molecular weight is 254 g/mol. The SMILES string of the molecule is CNC(=O)C1CCCN1c1nc(NN)ncc1F. The Kier molecular flexibility index (Phi) is 3.56. The number of nitrogens with one attached hydrogen (secondary N) is 2. The van der Waals surface area contributed by atoms with Gasteiger partial charge in [0.15, 0.2) is 11.6 Å². The summed E-state index contributed by atoms with van der Waals surface area (Å²) < 4.78 is 13.7. The molecule has 1 amide bonds. The fraction of sp³-hybridized carbons (Fsp3) is 0.500. The number of anilines is 2. The Hall–Kier alpha value is -1.96. The molecule has 18 heavy (non-hydrogen) atoms. The van der Waals surface area contributed by atoms with E-state index < -0.39 is 11.9 Å². The standard InChI is InChI=1S/C10H15FN6O/c1-13-9(18)7-3-2-4-17(7)8-6(11)5-14-10(15-8)16-12/h5,7H,2-4,12H2,1H3,(H,13,18)(H,14,15,16). The molecule has 1 fully saturated rings. The number of hydrazine groups is 1. The van der Waals surface area contributed by atoms with Crippen molar-refractivity contribution in [2.75, 3.05) is 23.9 Å². The topological polar surface area (TPSA) is 96.2 Å². The van der Waals surface area contributed by atoms with Crippen LogP contribution in [0.4, 0.5) is 16.2 Å². The van der Waals surface area contributed by atoms with Crippen molar-refractivity contribution >= 4 is 17.7 Å². The number of aromatic nitrogens is 2. The Morgan fingerprint density at radius 3 is 3.11 bits per heavy atom. The van der Waals surface area contributed by atoms with E-state index in [0.717, 1.165) is 12.6 Å². The first-order valence-electron chi connectivity index (χ1n) is 5.64. The number of halogens is 1. The molecule has 1 saturated heterocycles. The van der Waals surface area contributed by atoms with Crippen LogP contribution in [0.5, 0.6) is 0 Å². The fourth-order valence-corrected chi connectivity index (χ4v) is 2.09. The van der Waals surface area contributed by atoms with Gasteiger partial charge in [0.2, 0.25) is 11.9 Å². The van der Waals surface area contributed by atoms with Gasteiger partial charge in [-0.2, -0.15) is 4.98 Å². The molecule has 2 heterocycles. The monoisotopic (exact) mass is 254 g/mol. The van der Waals surface area contributed by atoms with Gasteiger partial charge < -0.3 is 10.2 Å². The summed E-state index contributed by atoms with van der Waals surface area (Å²) in [5, 5.41) is 2.57. The number of nitrogen functional groups attached to an aromatic ring is 1. The fourth-order valence-electron chi connectivity index (χ4n) is 2.09. The summed E-state index contributed by atoms with van der Waals surface area (Å²) in [7, 11) is 1.56. The van der Waals surface area contributed by atoms with Crippen molar-refractivity contribution in [1.29, 1.82) is 0 Å². The minimum absolute atomic E-state index is 0.101. The van der Waals surface area contributed by atoms with Crippen LogP contribution < -0.4 is 21.5 Å². The van der Waals surface area contributed by atoms with E-state index in [-0.39, 0.29) is 17.7 Å². The number of nitrogens with zero attached hydrogens (tertiary/aromatic N) is 3. The highest BCUT2D eigenvalue weighted by Crippen LogP contribution is 2.26. The van der Waals surface area contributed by atoms with Crippen molar-refractivity contribution in [3.63, 3.8) is 0 Å². The predicted molar refractivity (Wildman–Crippen MR) is 64.2 cm³/mol. The highest BCUT2D eigenvalue weighted by atomic mass is 19.1. The van der Waals surface area contributed by atoms with Gasteiger partial charge in [0.05, 0.1) is 6.20 Å². The zero-order valence-electron chi connectivity index (χ0n) is 9.98. The molecule has 8 heteroatoms. The first-order valence-corrected chi connectivity index (χ1v) is 5.64. The number of carbonyl (C=O) groups is 1. The molecule has 7 nitrogen and oxygen atoms in total. The zero-order valence-corrected chi connectivity index (χ0v) is 9.98. The molecule has 0 spiro atoms. The van der Waals surface area contributed by atoms with E-state index in [1.807, 2.05) is 0 Å². The van der Waals surface area contributed by atoms with Gasteiger partial charge in [0.25, 0.3) is 0 Å². The Morgan fingerprint density at radius 2 is 2.44 bits per heavy atom. The van der Waals surface area contributed by atoms with E-state index in [1.54, 1.807) is 11.9 Å². The molecule has 0 radical (unpaired) electrons. The molecule has 98 valence electrons. The van der Waals surface area contributed by atoms with Gasteiger partial charge in [0, 0.05) is 13.6 Å². The number of carbonyl (C=O) groups excluding carboxylic acids is 1. The summed E-state index contributed by atoms with van der Waals surface area (Å²) in [6.45, 7) is 0.579. The van der Waals surface area contributed by atoms with Crippen molar-refractivity contribution in [3.05, 3.63) is 12.0 Å². The second kappa shape index (κ2) is 5.13. The molecule has 4 N–H and O–H groups in total. The third-order valence-corrected chi connectivity index (χ3v) is 2.93. The second-order valence-corrected chi connectivity index (χ2v) is 3.98. The second-order valence-electron chi connectivity index (χ2n) is 3.98. The summed E-state index contributed by atoms with van der Waals surface area (Å²) in [5.41, 5.74) is 2.26. The lowest BCUT2D eigenvalue weighted by atomic mass is 10.2. The maximum Gasteiger partial charge on any atom is 0.242 e. The van der Waals surface area contributed by atoms with Crippen molar-refractivity contribution < 1.29 is 9.18 Å². The van der Waals surface area contributed by atoms with Gasteiger partial charge in [-0.25, -0.2) is 15.2 Å². The van der Waals surface area contributed by atoms with Gasteiger partial charge in [-0.3, -0.25) is 10.2 Å². The number of amides is 1. The van der Waals surface area contributed by atoms with Gasteiger partial charge in [0.1, 0.15) is 6.04 Å². The molecule has 2 rings (SSSR count). The van der Waals surface area contributed by atoms with Crippen LogP contribution in [0.15, 0.2) is 6.20 Å². The van der Waals surface area contributed by atoms with Crippen LogP contribution in [-0.4, -0.2) is 35.5 Å². The molecular formula is C10H15FN6O. The van der Waals surface area contributed by atoms with Crippen molar-refractivity contribution in [1.82, 2.24) is 15.3 Å². The summed E-state index contributed by atoms with van der Waals surface area (Å²) in [6, 6.07) is -0.398. The van der Waals surface area contributed by atoms with Crippen LogP contribution in [0.1, 0.15) is 12.8 Å². The number of hydrogen-bond donors (Lipinski definition) is 3. The molecule has 1 unspecified atom stereocenters. The lowest BCUT2D eigenvalue weighted by molar-refractivity contribution is -0.121. The first-order chi connectivity index (χ1) is 8.67. The summed E-state index contributed by atoms with van der Waals surface area (Å²) in [6.07, 6.45) is 2.53. The summed E-state index contributed by atoms with van der Waals surface area (Å²) >= 11 is 0. The van der Waals surface area contributed by atoms with Crippen LogP contribution in [0.25, 0.3) is 0 Å². The Balaban J connectivity index is 2.32. The lowest BCUT2D eigenvalue weighted by Crippen LogP contribution is -2.42. The minimum atomic E-state index is -0.565. The normalized spacial score (nSPS) is 18.8. The molecule has 1 aromatic rings. The third-order valence-electron chi connectivity index (χ3n) is 2.93. The Labute approximate surface area is 104 Å². The van der Waals surface area contributed by atoms with Crippen LogP contribution in [0, 0.1) is 5.82 Å². The van der Waals surface area contributed by atoms with E-state index in [0.29, 0.717) is 13.0 Å². The van der Waals surface area contributed by atoms with Crippen LogP contribution in [-0.2, 0) is 4.79 Å². The van der Waals surface area contributed by atoms with Gasteiger partial charge >= 0.3 is 0 Å². The maximum atomic E-state index is 13.7. The maximum absolute atomic E-state index is 13.7. The molecule has 1 aromatic heterocycles. The third kappa shape index (κ3) is 2.19. The highest BCUT2D eigenvalue weighted by Gasteiger charge is 2.32. The molecule has 0 aromatic carbocycles. The quantitative estimate of drug-likeness (QED) is 0.502. The summed E-state index contributed by atoms with van der Waals surface area (Å²) in [5.74, 6) is 4.70. The number of rotatable bonds is 3. The molecule has 0 saturated carbocycles. The number of likely N-dealkylation sites (N-methyl/N-ethyl adjacent to an activating group) is 1. The van der Waals surface area contributed by atoms with Crippen molar-refractivity contribution in [3.8, 4) is 0 Å². The molecule has 1 aliphatic rings. The molecule has 1 aliphatic heterocycles. The molecule has 1 atom stereocenters. The number of nitrogens with two attached hydrogens (primary N) is 1. The van der Waals surface area contributed by atoms with Crippen LogP contribution in [0.3, 0.4) is 0 Å². The van der Waals surface area contributed by atoms with Crippen LogP contribution >= 0.6 is 0 Å². The number of hydrogen-bond acceptors (Lipinski definition) is 6. The van der Waals surface area contributed by atoms with E-state index in [2.05, 4.69) is 20.7 Å². The van der Waals surface area contributed by atoms with Gasteiger partial charge in [-0.1, -0.05) is 0 Å². The summed E-state index contributed by atoms with van der Waals surface area (Å²) in [4.78, 5) is 21.0. The van der Waals surface area contributed by atoms with E-state index in [9.17, 15) is 9.18 Å². The molecule has 0 bridgehead atoms. The van der Waals surface area contributed by atoms with E-state index in [1.165, 1.54) is 0 Å². The van der Waals surface area contributed by atoms with Crippen molar-refractivity contribution in [2.24, 2.45) is 5.84 Å². The van der Waals surface area contributed by atoms with Crippen LogP contribution in [0.2, 0.25) is 0 Å². The lowest BCUT2D eigenvalue weighted by Gasteiger charge is -2.24. The smallest absolute Gasteiger partial charge is 0.242 e.